The van der Waals surface area contributed by atoms with Crippen molar-refractivity contribution in [1.82, 2.24) is 10.2 Å². The lowest BCUT2D eigenvalue weighted by molar-refractivity contribution is -0.115. The highest BCUT2D eigenvalue weighted by molar-refractivity contribution is 8.00. The SMILES string of the molecule is Cc1cc(OCc2nnc(N3C(=O)CSC3c3ccc(Cl)cc3)s2)ccc1Cl. The maximum atomic E-state index is 12.5. The van der Waals surface area contributed by atoms with Crippen molar-refractivity contribution in [3.8, 4) is 5.75 Å². The highest BCUT2D eigenvalue weighted by Crippen LogP contribution is 2.42. The van der Waals surface area contributed by atoms with Crippen LogP contribution >= 0.6 is 46.3 Å². The molecule has 0 bridgehead atoms. The molecular formula is C19H15Cl2N3O2S2. The summed E-state index contributed by atoms with van der Waals surface area (Å²) in [5.74, 6) is 1.13. The van der Waals surface area contributed by atoms with E-state index in [2.05, 4.69) is 10.2 Å². The lowest BCUT2D eigenvalue weighted by Crippen LogP contribution is -2.27. The van der Waals surface area contributed by atoms with Gasteiger partial charge in [0, 0.05) is 10.0 Å². The molecule has 4 rings (SSSR count). The Morgan fingerprint density at radius 1 is 1.18 bits per heavy atom. The van der Waals surface area contributed by atoms with Gasteiger partial charge in [0.1, 0.15) is 17.7 Å². The Balaban J connectivity index is 1.49. The minimum absolute atomic E-state index is 0.0156. The highest BCUT2D eigenvalue weighted by Gasteiger charge is 2.36. The Bertz CT molecular complexity index is 1010. The zero-order chi connectivity index (χ0) is 19.7. The number of benzene rings is 2. The molecule has 1 aliphatic rings. The Hall–Kier alpha value is -1.80. The van der Waals surface area contributed by atoms with Gasteiger partial charge in [0.2, 0.25) is 11.0 Å². The Morgan fingerprint density at radius 3 is 2.71 bits per heavy atom. The van der Waals surface area contributed by atoms with E-state index in [-0.39, 0.29) is 17.9 Å². The molecule has 1 atom stereocenters. The molecule has 1 aliphatic heterocycles. The van der Waals surface area contributed by atoms with Gasteiger partial charge in [0.25, 0.3) is 0 Å². The number of hydrogen-bond donors (Lipinski definition) is 0. The summed E-state index contributed by atoms with van der Waals surface area (Å²) in [7, 11) is 0. The Morgan fingerprint density at radius 2 is 1.96 bits per heavy atom. The average molecular weight is 452 g/mol. The van der Waals surface area contributed by atoms with Gasteiger partial charge in [-0.2, -0.15) is 0 Å². The fourth-order valence-corrected chi connectivity index (χ4v) is 5.02. The number of aromatic nitrogens is 2. The van der Waals surface area contributed by atoms with Crippen LogP contribution in [0.4, 0.5) is 5.13 Å². The van der Waals surface area contributed by atoms with Crippen LogP contribution in [0.5, 0.6) is 5.75 Å². The summed E-state index contributed by atoms with van der Waals surface area (Å²) in [6, 6.07) is 13.0. The number of halogens is 2. The molecule has 3 aromatic rings. The van der Waals surface area contributed by atoms with Gasteiger partial charge in [-0.15, -0.1) is 22.0 Å². The van der Waals surface area contributed by atoms with Crippen LogP contribution in [0.1, 0.15) is 21.5 Å². The predicted molar refractivity (Wildman–Crippen MR) is 115 cm³/mol. The van der Waals surface area contributed by atoms with E-state index in [0.717, 1.165) is 11.1 Å². The fraction of sp³-hybridized carbons (Fsp3) is 0.211. The maximum Gasteiger partial charge on any atom is 0.240 e. The van der Waals surface area contributed by atoms with Crippen LogP contribution < -0.4 is 9.64 Å². The zero-order valence-electron chi connectivity index (χ0n) is 14.8. The number of ether oxygens (including phenoxy) is 1. The summed E-state index contributed by atoms with van der Waals surface area (Å²) in [6.45, 7) is 2.20. The first kappa shape index (κ1) is 19.5. The van der Waals surface area contributed by atoms with Crippen molar-refractivity contribution in [2.24, 2.45) is 0 Å². The lowest BCUT2D eigenvalue weighted by Gasteiger charge is -2.20. The van der Waals surface area contributed by atoms with Crippen molar-refractivity contribution >= 4 is 57.3 Å². The number of hydrogen-bond acceptors (Lipinski definition) is 6. The van der Waals surface area contributed by atoms with Gasteiger partial charge in [-0.3, -0.25) is 9.69 Å². The maximum absolute atomic E-state index is 12.5. The molecule has 0 radical (unpaired) electrons. The first-order valence-corrected chi connectivity index (χ1v) is 11.0. The van der Waals surface area contributed by atoms with E-state index in [4.69, 9.17) is 27.9 Å². The molecule has 0 saturated carbocycles. The number of carbonyl (C=O) groups excluding carboxylic acids is 1. The first-order chi connectivity index (χ1) is 13.5. The Labute approximate surface area is 180 Å². The second kappa shape index (κ2) is 8.29. The molecule has 1 saturated heterocycles. The van der Waals surface area contributed by atoms with Crippen molar-refractivity contribution in [2.75, 3.05) is 10.7 Å². The smallest absolute Gasteiger partial charge is 0.240 e. The first-order valence-electron chi connectivity index (χ1n) is 8.42. The van der Waals surface area contributed by atoms with Crippen molar-refractivity contribution in [3.05, 3.63) is 68.6 Å². The second-order valence-electron chi connectivity index (χ2n) is 6.16. The van der Waals surface area contributed by atoms with E-state index in [9.17, 15) is 4.79 Å². The van der Waals surface area contributed by atoms with Crippen LogP contribution in [-0.4, -0.2) is 21.9 Å². The zero-order valence-corrected chi connectivity index (χ0v) is 17.9. The van der Waals surface area contributed by atoms with Gasteiger partial charge in [-0.05, 0) is 48.4 Å². The minimum atomic E-state index is -0.134. The number of aryl methyl sites for hydroxylation is 1. The molecule has 0 N–H and O–H groups in total. The number of carbonyl (C=O) groups is 1. The summed E-state index contributed by atoms with van der Waals surface area (Å²) < 4.78 is 5.78. The largest absolute Gasteiger partial charge is 0.486 e. The molecule has 2 aromatic carbocycles. The molecule has 1 unspecified atom stereocenters. The van der Waals surface area contributed by atoms with Gasteiger partial charge < -0.3 is 4.74 Å². The number of thioether (sulfide) groups is 1. The van der Waals surface area contributed by atoms with Crippen LogP contribution in [0.3, 0.4) is 0 Å². The number of anilines is 1. The fourth-order valence-electron chi connectivity index (χ4n) is 2.76. The van der Waals surface area contributed by atoms with Crippen molar-refractivity contribution < 1.29 is 9.53 Å². The van der Waals surface area contributed by atoms with E-state index in [0.29, 0.717) is 31.7 Å². The van der Waals surface area contributed by atoms with E-state index < -0.39 is 0 Å². The quantitative estimate of drug-likeness (QED) is 0.511. The van der Waals surface area contributed by atoms with E-state index in [1.54, 1.807) is 22.7 Å². The molecule has 1 amide bonds. The third-order valence-corrected chi connectivity index (χ3v) is 6.96. The number of nitrogens with zero attached hydrogens (tertiary/aromatic N) is 3. The van der Waals surface area contributed by atoms with Crippen LogP contribution in [-0.2, 0) is 11.4 Å². The predicted octanol–water partition coefficient (Wildman–Crippen LogP) is 5.51. The van der Waals surface area contributed by atoms with Crippen molar-refractivity contribution in [3.63, 3.8) is 0 Å². The standard InChI is InChI=1S/C19H15Cl2N3O2S2/c1-11-8-14(6-7-15(11)21)26-9-16-22-23-19(28-16)24-17(25)10-27-18(24)12-2-4-13(20)5-3-12/h2-8,18H,9-10H2,1H3. The summed E-state index contributed by atoms with van der Waals surface area (Å²) >= 11 is 14.9. The van der Waals surface area contributed by atoms with Gasteiger partial charge >= 0.3 is 0 Å². The number of rotatable bonds is 5. The van der Waals surface area contributed by atoms with Gasteiger partial charge in [0.15, 0.2) is 5.01 Å². The normalized spacial score (nSPS) is 16.6. The third-order valence-electron chi connectivity index (χ3n) is 4.18. The molecule has 2 heterocycles. The summed E-state index contributed by atoms with van der Waals surface area (Å²) in [6.07, 6.45) is 0. The second-order valence-corrected chi connectivity index (χ2v) is 9.11. The van der Waals surface area contributed by atoms with Crippen molar-refractivity contribution in [1.29, 1.82) is 0 Å². The monoisotopic (exact) mass is 451 g/mol. The summed E-state index contributed by atoms with van der Waals surface area (Å²) in [5.41, 5.74) is 1.95. The highest BCUT2D eigenvalue weighted by atomic mass is 35.5. The van der Waals surface area contributed by atoms with E-state index in [1.165, 1.54) is 11.3 Å². The summed E-state index contributed by atoms with van der Waals surface area (Å²) in [4.78, 5) is 14.2. The topological polar surface area (TPSA) is 55.3 Å². The molecular weight excluding hydrogens is 437 g/mol. The molecule has 1 fully saturated rings. The Kier molecular flexibility index (Phi) is 5.78. The summed E-state index contributed by atoms with van der Waals surface area (Å²) in [5, 5.41) is 10.9. The van der Waals surface area contributed by atoms with Gasteiger partial charge in [-0.25, -0.2) is 0 Å². The third kappa shape index (κ3) is 4.12. The molecule has 0 spiro atoms. The molecule has 1 aromatic heterocycles. The van der Waals surface area contributed by atoms with Crippen LogP contribution in [0.15, 0.2) is 42.5 Å². The van der Waals surface area contributed by atoms with E-state index >= 15 is 0 Å². The van der Waals surface area contributed by atoms with Crippen LogP contribution in [0.25, 0.3) is 0 Å². The molecule has 28 heavy (non-hydrogen) atoms. The molecule has 0 aliphatic carbocycles. The molecule has 144 valence electrons. The average Bonchev–Trinajstić information content (AvgIpc) is 3.29. The van der Waals surface area contributed by atoms with Crippen molar-refractivity contribution in [2.45, 2.75) is 18.9 Å². The van der Waals surface area contributed by atoms with Crippen LogP contribution in [0, 0.1) is 6.92 Å². The minimum Gasteiger partial charge on any atom is -0.486 e. The van der Waals surface area contributed by atoms with E-state index in [1.807, 2.05) is 43.3 Å². The molecule has 5 nitrogen and oxygen atoms in total. The lowest BCUT2D eigenvalue weighted by atomic mass is 10.2. The van der Waals surface area contributed by atoms with Crippen LogP contribution in [0.2, 0.25) is 10.0 Å². The molecule has 9 heteroatoms. The van der Waals surface area contributed by atoms with Gasteiger partial charge in [0.05, 0.1) is 5.75 Å². The van der Waals surface area contributed by atoms with Gasteiger partial charge in [-0.1, -0.05) is 46.7 Å². The number of amides is 1.